The molecule has 2 N–H and O–H groups in total. The number of benzene rings is 2. The minimum absolute atomic E-state index is 0.343. The second kappa shape index (κ2) is 8.46. The van der Waals surface area contributed by atoms with Gasteiger partial charge in [-0.15, -0.1) is 0 Å². The highest BCUT2D eigenvalue weighted by Gasteiger charge is 2.12. The number of rotatable bonds is 4. The molecular formula is C17H12Cl4N4S. The van der Waals surface area contributed by atoms with Crippen LogP contribution in [0.25, 0.3) is 0 Å². The second-order valence-electron chi connectivity index (χ2n) is 5.31. The molecule has 0 aliphatic carbocycles. The monoisotopic (exact) mass is 444 g/mol. The van der Waals surface area contributed by atoms with Crippen LogP contribution in [0.4, 0.5) is 11.5 Å². The van der Waals surface area contributed by atoms with Gasteiger partial charge in [-0.2, -0.15) is 5.10 Å². The Morgan fingerprint density at radius 2 is 1.65 bits per heavy atom. The van der Waals surface area contributed by atoms with E-state index in [9.17, 15) is 0 Å². The standard InChI is InChI=1S/C17H12Cl4N4S/c18-10-3-1-4-11(7-10)22-17(26)23-16-15(21)9-25(24-16)8-12-13(19)5-2-6-14(12)20/h1-7,9H,8H2,(H2,22,23,24,26). The maximum atomic E-state index is 6.24. The van der Waals surface area contributed by atoms with Gasteiger partial charge in [-0.3, -0.25) is 4.68 Å². The third kappa shape index (κ3) is 4.81. The molecule has 2 aromatic carbocycles. The maximum Gasteiger partial charge on any atom is 0.176 e. The first-order chi connectivity index (χ1) is 12.4. The van der Waals surface area contributed by atoms with Crippen LogP contribution in [-0.2, 0) is 6.54 Å². The molecular weight excluding hydrogens is 434 g/mol. The van der Waals surface area contributed by atoms with E-state index >= 15 is 0 Å². The maximum absolute atomic E-state index is 6.24. The molecule has 1 aromatic heterocycles. The summed E-state index contributed by atoms with van der Waals surface area (Å²) >= 11 is 29.9. The first-order valence-electron chi connectivity index (χ1n) is 7.42. The molecule has 0 aliphatic heterocycles. The number of nitrogens with zero attached hydrogens (tertiary/aromatic N) is 2. The Kier molecular flexibility index (Phi) is 6.27. The minimum atomic E-state index is 0.343. The molecule has 0 aliphatic rings. The largest absolute Gasteiger partial charge is 0.332 e. The van der Waals surface area contributed by atoms with Crippen molar-refractivity contribution in [1.29, 1.82) is 0 Å². The summed E-state index contributed by atoms with van der Waals surface area (Å²) in [5.41, 5.74) is 1.52. The smallest absolute Gasteiger partial charge is 0.176 e. The lowest BCUT2D eigenvalue weighted by molar-refractivity contribution is 0.690. The lowest BCUT2D eigenvalue weighted by Crippen LogP contribution is -2.19. The van der Waals surface area contributed by atoms with E-state index in [0.29, 0.717) is 37.6 Å². The summed E-state index contributed by atoms with van der Waals surface area (Å²) < 4.78 is 1.64. The van der Waals surface area contributed by atoms with E-state index in [1.165, 1.54) is 0 Å². The highest BCUT2D eigenvalue weighted by molar-refractivity contribution is 7.80. The molecule has 0 fully saturated rings. The third-order valence-electron chi connectivity index (χ3n) is 3.41. The lowest BCUT2D eigenvalue weighted by atomic mass is 10.2. The van der Waals surface area contributed by atoms with Crippen molar-refractivity contribution in [3.63, 3.8) is 0 Å². The van der Waals surface area contributed by atoms with Crippen molar-refractivity contribution in [1.82, 2.24) is 9.78 Å². The van der Waals surface area contributed by atoms with Gasteiger partial charge < -0.3 is 10.6 Å². The number of thiocarbonyl (C=S) groups is 1. The van der Waals surface area contributed by atoms with Crippen LogP contribution in [-0.4, -0.2) is 14.9 Å². The lowest BCUT2D eigenvalue weighted by Gasteiger charge is -2.09. The van der Waals surface area contributed by atoms with Crippen LogP contribution in [0.15, 0.2) is 48.7 Å². The fraction of sp³-hybridized carbons (Fsp3) is 0.0588. The van der Waals surface area contributed by atoms with Gasteiger partial charge in [-0.25, -0.2) is 0 Å². The van der Waals surface area contributed by atoms with Crippen LogP contribution in [0.2, 0.25) is 20.1 Å². The van der Waals surface area contributed by atoms with Crippen LogP contribution in [0, 0.1) is 0 Å². The number of nitrogens with one attached hydrogen (secondary N) is 2. The molecule has 1 heterocycles. The van der Waals surface area contributed by atoms with Crippen LogP contribution in [0.3, 0.4) is 0 Å². The summed E-state index contributed by atoms with van der Waals surface area (Å²) in [5, 5.41) is 12.9. The van der Waals surface area contributed by atoms with Crippen molar-refractivity contribution >= 4 is 75.2 Å². The Morgan fingerprint density at radius 1 is 0.962 bits per heavy atom. The molecule has 0 unspecified atom stereocenters. The zero-order valence-electron chi connectivity index (χ0n) is 13.1. The van der Waals surface area contributed by atoms with E-state index < -0.39 is 0 Å². The topological polar surface area (TPSA) is 41.9 Å². The fourth-order valence-corrected chi connectivity index (χ4v) is 3.36. The van der Waals surface area contributed by atoms with Crippen molar-refractivity contribution < 1.29 is 0 Å². The van der Waals surface area contributed by atoms with Crippen LogP contribution in [0.5, 0.6) is 0 Å². The molecule has 3 aromatic rings. The molecule has 0 radical (unpaired) electrons. The molecule has 0 saturated carbocycles. The quantitative estimate of drug-likeness (QED) is 0.458. The fourth-order valence-electron chi connectivity index (χ4n) is 2.24. The summed E-state index contributed by atoms with van der Waals surface area (Å²) in [7, 11) is 0. The molecule has 0 saturated heterocycles. The van der Waals surface area contributed by atoms with Crippen LogP contribution in [0.1, 0.15) is 5.56 Å². The van der Waals surface area contributed by atoms with Crippen molar-refractivity contribution in [3.8, 4) is 0 Å². The SMILES string of the molecule is S=C(Nc1cccc(Cl)c1)Nc1nn(Cc2c(Cl)cccc2Cl)cc1Cl. The average Bonchev–Trinajstić information content (AvgIpc) is 2.90. The van der Waals surface area contributed by atoms with Crippen molar-refractivity contribution in [2.24, 2.45) is 0 Å². The van der Waals surface area contributed by atoms with Crippen LogP contribution >= 0.6 is 58.6 Å². The van der Waals surface area contributed by atoms with Gasteiger partial charge >= 0.3 is 0 Å². The predicted octanol–water partition coefficient (Wildman–Crippen LogP) is 6.35. The summed E-state index contributed by atoms with van der Waals surface area (Å²) in [5.74, 6) is 0.425. The first kappa shape index (κ1) is 19.3. The molecule has 3 rings (SSSR count). The van der Waals surface area contributed by atoms with E-state index in [-0.39, 0.29) is 0 Å². The summed E-state index contributed by atoms with van der Waals surface area (Å²) in [4.78, 5) is 0. The van der Waals surface area contributed by atoms with Gasteiger partial charge in [0, 0.05) is 32.5 Å². The van der Waals surface area contributed by atoms with Gasteiger partial charge in [-0.05, 0) is 42.5 Å². The van der Waals surface area contributed by atoms with E-state index in [1.807, 2.05) is 12.1 Å². The van der Waals surface area contributed by atoms with Crippen molar-refractivity contribution in [2.45, 2.75) is 6.54 Å². The van der Waals surface area contributed by atoms with Gasteiger partial charge in [0.25, 0.3) is 0 Å². The Morgan fingerprint density at radius 3 is 2.35 bits per heavy atom. The molecule has 26 heavy (non-hydrogen) atoms. The predicted molar refractivity (Wildman–Crippen MR) is 114 cm³/mol. The Bertz CT molecular complexity index is 937. The van der Waals surface area contributed by atoms with Gasteiger partial charge in [0.2, 0.25) is 0 Å². The van der Waals surface area contributed by atoms with Crippen molar-refractivity contribution in [3.05, 3.63) is 74.3 Å². The molecule has 0 amide bonds. The number of hydrogen-bond acceptors (Lipinski definition) is 2. The molecule has 4 nitrogen and oxygen atoms in total. The highest BCUT2D eigenvalue weighted by atomic mass is 35.5. The summed E-state index contributed by atoms with van der Waals surface area (Å²) in [6.45, 7) is 0.383. The second-order valence-corrected chi connectivity index (χ2v) is 7.38. The van der Waals surface area contributed by atoms with Crippen molar-refractivity contribution in [2.75, 3.05) is 10.6 Å². The van der Waals surface area contributed by atoms with E-state index in [0.717, 1.165) is 11.3 Å². The molecule has 0 spiro atoms. The average molecular weight is 446 g/mol. The first-order valence-corrected chi connectivity index (χ1v) is 9.34. The van der Waals surface area contributed by atoms with E-state index in [2.05, 4.69) is 15.7 Å². The third-order valence-corrected chi connectivity index (χ3v) is 4.84. The number of hydrogen-bond donors (Lipinski definition) is 2. The molecule has 9 heteroatoms. The zero-order chi connectivity index (χ0) is 18.7. The zero-order valence-corrected chi connectivity index (χ0v) is 17.0. The highest BCUT2D eigenvalue weighted by Crippen LogP contribution is 2.27. The number of aromatic nitrogens is 2. The van der Waals surface area contributed by atoms with Gasteiger partial charge in [0.05, 0.1) is 6.54 Å². The van der Waals surface area contributed by atoms with Gasteiger partial charge in [0.1, 0.15) is 5.02 Å². The normalized spacial score (nSPS) is 10.6. The molecule has 0 bridgehead atoms. The van der Waals surface area contributed by atoms with Gasteiger partial charge in [0.15, 0.2) is 10.9 Å². The Labute approximate surface area is 176 Å². The minimum Gasteiger partial charge on any atom is -0.332 e. The van der Waals surface area contributed by atoms with E-state index in [4.69, 9.17) is 58.6 Å². The summed E-state index contributed by atoms with van der Waals surface area (Å²) in [6, 6.07) is 12.5. The van der Waals surface area contributed by atoms with Gasteiger partial charge in [-0.1, -0.05) is 58.5 Å². The van der Waals surface area contributed by atoms with E-state index in [1.54, 1.807) is 41.2 Å². The Balaban J connectivity index is 1.71. The number of halogens is 4. The van der Waals surface area contributed by atoms with Crippen LogP contribution < -0.4 is 10.6 Å². The summed E-state index contributed by atoms with van der Waals surface area (Å²) in [6.07, 6.45) is 1.67. The number of anilines is 2. The Hall–Kier alpha value is -1.50. The molecule has 134 valence electrons. The molecule has 0 atom stereocenters.